The maximum absolute atomic E-state index is 5.87. The normalized spacial score (nSPS) is 16.0. The molecule has 162 valence electrons. The molecule has 1 aliphatic heterocycles. The molecule has 1 aromatic carbocycles. The van der Waals surface area contributed by atoms with Crippen molar-refractivity contribution in [3.8, 4) is 28.9 Å². The van der Waals surface area contributed by atoms with E-state index in [1.165, 1.54) is 0 Å². The third kappa shape index (κ3) is 5.68. The molecule has 1 aliphatic rings. The van der Waals surface area contributed by atoms with Crippen LogP contribution in [-0.4, -0.2) is 54.6 Å². The number of hydrogen-bond donors (Lipinski definition) is 0. The molecule has 3 aromatic rings. The highest BCUT2D eigenvalue weighted by molar-refractivity contribution is 5.65. The molecular weight excluding hydrogens is 398 g/mol. The molecular formula is C23H25N3O5. The van der Waals surface area contributed by atoms with Crippen LogP contribution in [0.2, 0.25) is 0 Å². The van der Waals surface area contributed by atoms with Gasteiger partial charge in [0, 0.05) is 17.8 Å². The van der Waals surface area contributed by atoms with E-state index >= 15 is 0 Å². The number of nitrogens with zero attached hydrogens (tertiary/aromatic N) is 3. The highest BCUT2D eigenvalue weighted by Crippen LogP contribution is 2.29. The summed E-state index contributed by atoms with van der Waals surface area (Å²) >= 11 is 0. The number of ether oxygens (including phenoxy) is 5. The molecule has 1 unspecified atom stereocenters. The Labute approximate surface area is 181 Å². The number of hydrogen-bond acceptors (Lipinski definition) is 8. The topological polar surface area (TPSA) is 84.8 Å². The first-order valence-corrected chi connectivity index (χ1v) is 10.1. The minimum Gasteiger partial charge on any atom is -0.487 e. The third-order valence-electron chi connectivity index (χ3n) is 4.76. The Balaban J connectivity index is 1.48. The monoisotopic (exact) mass is 423 g/mol. The number of methoxy groups -OCH3 is 1. The summed E-state index contributed by atoms with van der Waals surface area (Å²) in [5.41, 5.74) is 3.53. The van der Waals surface area contributed by atoms with E-state index in [2.05, 4.69) is 15.0 Å². The van der Waals surface area contributed by atoms with E-state index in [1.54, 1.807) is 19.4 Å². The maximum Gasteiger partial charge on any atom is 0.320 e. The van der Waals surface area contributed by atoms with Crippen LogP contribution in [0.3, 0.4) is 0 Å². The van der Waals surface area contributed by atoms with E-state index in [0.717, 1.165) is 22.6 Å². The Hall–Kier alpha value is -3.23. The van der Waals surface area contributed by atoms with Crippen LogP contribution in [0, 0.1) is 6.92 Å². The number of pyridine rings is 1. The van der Waals surface area contributed by atoms with Gasteiger partial charge in [-0.1, -0.05) is 6.07 Å². The van der Waals surface area contributed by atoms with Crippen LogP contribution in [0.1, 0.15) is 11.3 Å². The lowest BCUT2D eigenvalue weighted by molar-refractivity contribution is -0.102. The van der Waals surface area contributed by atoms with Crippen molar-refractivity contribution in [1.82, 2.24) is 15.0 Å². The van der Waals surface area contributed by atoms with Gasteiger partial charge in [-0.15, -0.1) is 0 Å². The SMILES string of the molecule is COc1cc(-c2ccc(OCc3ccccn3)cc2C)nc(OCC2COCCO2)n1. The van der Waals surface area contributed by atoms with Crippen molar-refractivity contribution in [2.24, 2.45) is 0 Å². The van der Waals surface area contributed by atoms with Gasteiger partial charge < -0.3 is 23.7 Å². The second-order valence-corrected chi connectivity index (χ2v) is 7.04. The first-order valence-electron chi connectivity index (χ1n) is 10.1. The van der Waals surface area contributed by atoms with Crippen molar-refractivity contribution in [2.75, 3.05) is 33.5 Å². The van der Waals surface area contributed by atoms with Crippen LogP contribution >= 0.6 is 0 Å². The molecule has 1 fully saturated rings. The molecule has 0 spiro atoms. The van der Waals surface area contributed by atoms with Crippen molar-refractivity contribution < 1.29 is 23.7 Å². The number of rotatable bonds is 8. The fourth-order valence-corrected chi connectivity index (χ4v) is 3.17. The largest absolute Gasteiger partial charge is 0.487 e. The second kappa shape index (κ2) is 10.2. The average molecular weight is 423 g/mol. The van der Waals surface area contributed by atoms with Crippen LogP contribution < -0.4 is 14.2 Å². The quantitative estimate of drug-likeness (QED) is 0.546. The molecule has 8 nitrogen and oxygen atoms in total. The molecule has 3 heterocycles. The molecule has 31 heavy (non-hydrogen) atoms. The van der Waals surface area contributed by atoms with Crippen molar-refractivity contribution >= 4 is 0 Å². The van der Waals surface area contributed by atoms with Crippen LogP contribution in [0.4, 0.5) is 0 Å². The Morgan fingerprint density at radius 1 is 1.06 bits per heavy atom. The van der Waals surface area contributed by atoms with Gasteiger partial charge in [-0.3, -0.25) is 4.98 Å². The van der Waals surface area contributed by atoms with Gasteiger partial charge in [0.25, 0.3) is 0 Å². The van der Waals surface area contributed by atoms with Gasteiger partial charge in [-0.25, -0.2) is 0 Å². The summed E-state index contributed by atoms with van der Waals surface area (Å²) in [6, 6.07) is 13.6. The lowest BCUT2D eigenvalue weighted by atomic mass is 10.1. The van der Waals surface area contributed by atoms with Gasteiger partial charge in [-0.2, -0.15) is 9.97 Å². The van der Waals surface area contributed by atoms with Crippen LogP contribution in [-0.2, 0) is 16.1 Å². The van der Waals surface area contributed by atoms with Gasteiger partial charge >= 0.3 is 6.01 Å². The molecule has 4 rings (SSSR count). The van der Waals surface area contributed by atoms with Crippen molar-refractivity contribution in [3.05, 3.63) is 59.9 Å². The molecule has 0 saturated carbocycles. The predicted molar refractivity (Wildman–Crippen MR) is 113 cm³/mol. The predicted octanol–water partition coefficient (Wildman–Crippen LogP) is 3.23. The minimum atomic E-state index is -0.135. The first kappa shape index (κ1) is 21.0. The van der Waals surface area contributed by atoms with Gasteiger partial charge in [0.15, 0.2) is 0 Å². The summed E-state index contributed by atoms with van der Waals surface area (Å²) in [6.07, 6.45) is 1.62. The van der Waals surface area contributed by atoms with Crippen molar-refractivity contribution in [1.29, 1.82) is 0 Å². The van der Waals surface area contributed by atoms with Crippen LogP contribution in [0.5, 0.6) is 17.6 Å². The van der Waals surface area contributed by atoms with Gasteiger partial charge in [0.2, 0.25) is 5.88 Å². The summed E-state index contributed by atoms with van der Waals surface area (Å²) in [7, 11) is 1.56. The highest BCUT2D eigenvalue weighted by Gasteiger charge is 2.17. The molecule has 1 atom stereocenters. The molecule has 0 amide bonds. The summed E-state index contributed by atoms with van der Waals surface area (Å²) < 4.78 is 28.0. The lowest BCUT2D eigenvalue weighted by Gasteiger charge is -2.22. The van der Waals surface area contributed by atoms with E-state index in [-0.39, 0.29) is 12.1 Å². The molecule has 0 N–H and O–H groups in total. The summed E-state index contributed by atoms with van der Waals surface area (Å²) in [4.78, 5) is 13.1. The Morgan fingerprint density at radius 2 is 2.00 bits per heavy atom. The Kier molecular flexibility index (Phi) is 6.91. The minimum absolute atomic E-state index is 0.135. The third-order valence-corrected chi connectivity index (χ3v) is 4.76. The first-order chi connectivity index (χ1) is 15.2. The molecule has 1 saturated heterocycles. The average Bonchev–Trinajstić information content (AvgIpc) is 2.82. The molecule has 2 aromatic heterocycles. The lowest BCUT2D eigenvalue weighted by Crippen LogP contribution is -2.33. The zero-order chi connectivity index (χ0) is 21.5. The number of benzene rings is 1. The van der Waals surface area contributed by atoms with Gasteiger partial charge in [0.1, 0.15) is 25.1 Å². The fraction of sp³-hybridized carbons (Fsp3) is 0.348. The van der Waals surface area contributed by atoms with E-state index in [1.807, 2.05) is 43.3 Å². The van der Waals surface area contributed by atoms with Gasteiger partial charge in [-0.05, 0) is 42.8 Å². The Morgan fingerprint density at radius 3 is 2.74 bits per heavy atom. The summed E-state index contributed by atoms with van der Waals surface area (Å²) in [5, 5.41) is 0. The van der Waals surface area contributed by atoms with E-state index in [0.29, 0.717) is 44.6 Å². The molecule has 0 aliphatic carbocycles. The van der Waals surface area contributed by atoms with Crippen molar-refractivity contribution in [3.63, 3.8) is 0 Å². The second-order valence-electron chi connectivity index (χ2n) is 7.04. The standard InChI is InChI=1S/C23H25N3O5/c1-16-11-18(30-13-17-5-3-4-8-24-17)6-7-20(16)21-12-22(27-2)26-23(25-21)31-15-19-14-28-9-10-29-19/h3-8,11-12,19H,9-10,13-15H2,1-2H3. The van der Waals surface area contributed by atoms with Crippen LogP contribution in [0.15, 0.2) is 48.7 Å². The van der Waals surface area contributed by atoms with E-state index < -0.39 is 0 Å². The van der Waals surface area contributed by atoms with E-state index in [9.17, 15) is 0 Å². The van der Waals surface area contributed by atoms with Crippen molar-refractivity contribution in [2.45, 2.75) is 19.6 Å². The highest BCUT2D eigenvalue weighted by atomic mass is 16.6. The summed E-state index contributed by atoms with van der Waals surface area (Å²) in [6.45, 7) is 4.39. The zero-order valence-corrected chi connectivity index (χ0v) is 17.6. The van der Waals surface area contributed by atoms with Gasteiger partial charge in [0.05, 0.1) is 38.3 Å². The molecule has 0 radical (unpaired) electrons. The smallest absolute Gasteiger partial charge is 0.320 e. The zero-order valence-electron chi connectivity index (χ0n) is 17.6. The molecule has 0 bridgehead atoms. The number of aryl methyl sites for hydroxylation is 1. The summed E-state index contributed by atoms with van der Waals surface area (Å²) in [5.74, 6) is 1.19. The van der Waals surface area contributed by atoms with Crippen LogP contribution in [0.25, 0.3) is 11.3 Å². The maximum atomic E-state index is 5.87. The number of aromatic nitrogens is 3. The fourth-order valence-electron chi connectivity index (χ4n) is 3.17. The Bertz CT molecular complexity index is 994. The van der Waals surface area contributed by atoms with E-state index in [4.69, 9.17) is 23.7 Å². The molecule has 8 heteroatoms.